The first kappa shape index (κ1) is 24.6. The molecule has 1 aromatic heterocycles. The molecule has 9 nitrogen and oxygen atoms in total. The molecular formula is C25H27N3O6S. The average molecular weight is 498 g/mol. The summed E-state index contributed by atoms with van der Waals surface area (Å²) in [5.74, 6) is -0.743. The third kappa shape index (κ3) is 4.98. The van der Waals surface area contributed by atoms with Crippen molar-refractivity contribution >= 4 is 21.5 Å². The summed E-state index contributed by atoms with van der Waals surface area (Å²) in [6, 6.07) is 11.6. The lowest BCUT2D eigenvalue weighted by Gasteiger charge is -2.30. The van der Waals surface area contributed by atoms with Crippen molar-refractivity contribution in [3.8, 4) is 16.9 Å². The summed E-state index contributed by atoms with van der Waals surface area (Å²) >= 11 is 0. The number of para-hydroxylation sites is 1. The lowest BCUT2D eigenvalue weighted by molar-refractivity contribution is 0.0689. The molecule has 1 amide bonds. The van der Waals surface area contributed by atoms with Crippen LogP contribution in [0.3, 0.4) is 0 Å². The minimum absolute atomic E-state index is 0.0217. The van der Waals surface area contributed by atoms with Crippen LogP contribution in [0.2, 0.25) is 0 Å². The number of rotatable bonds is 8. The summed E-state index contributed by atoms with van der Waals surface area (Å²) in [7, 11) is -3.73. The molecule has 0 radical (unpaired) electrons. The van der Waals surface area contributed by atoms with Crippen molar-refractivity contribution in [1.82, 2.24) is 15.1 Å². The summed E-state index contributed by atoms with van der Waals surface area (Å²) in [6.07, 6.45) is 3.88. The zero-order chi connectivity index (χ0) is 25.4. The Morgan fingerprint density at radius 3 is 2.66 bits per heavy atom. The van der Waals surface area contributed by atoms with Gasteiger partial charge in [-0.2, -0.15) is 5.10 Å². The number of aliphatic hydroxyl groups is 1. The normalized spacial score (nSPS) is 15.9. The standard InChI is InChI=1S/C25H27N3O6S/c1-25(35(2,33)34,15-26-24(32)19-5-3-4-6-21(19)29)12-23(31)28-14-18(13-27-28)17-8-7-16-9-10-22(30)20(16)11-17/h3-8,11,13-14,23,29,31H,9-10,12,15H2,1-2H3,(H,26,32). The summed E-state index contributed by atoms with van der Waals surface area (Å²) in [5.41, 5.74) is 3.19. The fraction of sp³-hybridized carbons (Fsp3) is 0.320. The topological polar surface area (TPSA) is 139 Å². The number of hydrogen-bond donors (Lipinski definition) is 3. The predicted molar refractivity (Wildman–Crippen MR) is 130 cm³/mol. The van der Waals surface area contributed by atoms with E-state index in [4.69, 9.17) is 0 Å². The van der Waals surface area contributed by atoms with Gasteiger partial charge in [-0.1, -0.05) is 24.3 Å². The SMILES string of the molecule is CC(CNC(=O)c1ccccc1O)(CC(O)n1cc(-c2ccc3c(c2)C(=O)CC3)cn1)S(C)(=O)=O. The van der Waals surface area contributed by atoms with Crippen LogP contribution in [-0.4, -0.2) is 57.6 Å². The Hall–Kier alpha value is -3.50. The molecule has 184 valence electrons. The van der Waals surface area contributed by atoms with E-state index in [0.29, 0.717) is 17.5 Å². The van der Waals surface area contributed by atoms with Crippen LogP contribution in [-0.2, 0) is 16.3 Å². The van der Waals surface area contributed by atoms with Crippen LogP contribution in [0.1, 0.15) is 52.3 Å². The Morgan fingerprint density at radius 2 is 1.94 bits per heavy atom. The molecule has 1 heterocycles. The molecule has 35 heavy (non-hydrogen) atoms. The summed E-state index contributed by atoms with van der Waals surface area (Å²) < 4.78 is 25.0. The van der Waals surface area contributed by atoms with Gasteiger partial charge < -0.3 is 15.5 Å². The molecule has 0 fully saturated rings. The van der Waals surface area contributed by atoms with Gasteiger partial charge in [-0.3, -0.25) is 9.59 Å². The van der Waals surface area contributed by atoms with E-state index in [1.807, 2.05) is 18.2 Å². The molecule has 3 N–H and O–H groups in total. The predicted octanol–water partition coefficient (Wildman–Crippen LogP) is 2.50. The van der Waals surface area contributed by atoms with E-state index in [2.05, 4.69) is 10.4 Å². The molecule has 2 atom stereocenters. The number of nitrogens with zero attached hydrogens (tertiary/aromatic N) is 2. The molecular weight excluding hydrogens is 470 g/mol. The van der Waals surface area contributed by atoms with Crippen molar-refractivity contribution in [3.05, 3.63) is 71.5 Å². The van der Waals surface area contributed by atoms with Crippen LogP contribution in [0.25, 0.3) is 11.1 Å². The zero-order valence-corrected chi connectivity index (χ0v) is 20.2. The molecule has 1 aliphatic rings. The van der Waals surface area contributed by atoms with Gasteiger partial charge in [0.2, 0.25) is 0 Å². The number of hydrogen-bond acceptors (Lipinski definition) is 7. The van der Waals surface area contributed by atoms with Crippen LogP contribution in [0.5, 0.6) is 5.75 Å². The number of carbonyl (C=O) groups excluding carboxylic acids is 2. The van der Waals surface area contributed by atoms with E-state index < -0.39 is 26.7 Å². The van der Waals surface area contributed by atoms with E-state index in [-0.39, 0.29) is 30.1 Å². The number of phenolic OH excluding ortho intramolecular Hbond substituents is 1. The van der Waals surface area contributed by atoms with Crippen molar-refractivity contribution in [2.24, 2.45) is 0 Å². The average Bonchev–Trinajstić information content (AvgIpc) is 3.44. The van der Waals surface area contributed by atoms with Crippen LogP contribution >= 0.6 is 0 Å². The maximum Gasteiger partial charge on any atom is 0.255 e. The number of aliphatic hydroxyl groups excluding tert-OH is 1. The molecule has 10 heteroatoms. The van der Waals surface area contributed by atoms with Gasteiger partial charge in [-0.05, 0) is 42.7 Å². The number of Topliss-reactive ketones (excluding diaryl/α,β-unsaturated/α-hetero) is 1. The first-order valence-electron chi connectivity index (χ1n) is 11.1. The second kappa shape index (κ2) is 9.27. The Kier molecular flexibility index (Phi) is 6.52. The third-order valence-corrected chi connectivity index (χ3v) is 8.65. The van der Waals surface area contributed by atoms with Crippen molar-refractivity contribution in [2.45, 2.75) is 37.2 Å². The number of benzene rings is 2. The maximum atomic E-state index is 12.6. The van der Waals surface area contributed by atoms with Gasteiger partial charge in [0.15, 0.2) is 15.6 Å². The Labute approximate surface area is 203 Å². The van der Waals surface area contributed by atoms with Crippen LogP contribution < -0.4 is 5.32 Å². The van der Waals surface area contributed by atoms with E-state index in [0.717, 1.165) is 23.8 Å². The van der Waals surface area contributed by atoms with Gasteiger partial charge in [-0.25, -0.2) is 13.1 Å². The molecule has 0 saturated heterocycles. The highest BCUT2D eigenvalue weighted by atomic mass is 32.2. The Balaban J connectivity index is 1.50. The number of sulfone groups is 1. The number of phenols is 1. The quantitative estimate of drug-likeness (QED) is 0.435. The Morgan fingerprint density at radius 1 is 1.20 bits per heavy atom. The summed E-state index contributed by atoms with van der Waals surface area (Å²) in [4.78, 5) is 24.6. The van der Waals surface area contributed by atoms with E-state index in [9.17, 15) is 28.2 Å². The smallest absolute Gasteiger partial charge is 0.255 e. The minimum Gasteiger partial charge on any atom is -0.507 e. The van der Waals surface area contributed by atoms with Crippen LogP contribution in [0.4, 0.5) is 0 Å². The minimum atomic E-state index is -3.73. The number of ketones is 1. The first-order valence-corrected chi connectivity index (χ1v) is 13.0. The fourth-order valence-corrected chi connectivity index (χ4v) is 4.92. The van der Waals surface area contributed by atoms with E-state index in [1.54, 1.807) is 24.5 Å². The first-order chi connectivity index (χ1) is 16.5. The number of fused-ring (bicyclic) bond motifs is 1. The monoisotopic (exact) mass is 497 g/mol. The van der Waals surface area contributed by atoms with Crippen molar-refractivity contribution in [3.63, 3.8) is 0 Å². The number of nitrogens with one attached hydrogen (secondary N) is 1. The molecule has 0 spiro atoms. The fourth-order valence-electron chi connectivity index (χ4n) is 4.13. The van der Waals surface area contributed by atoms with Crippen molar-refractivity contribution in [1.29, 1.82) is 0 Å². The second-order valence-corrected chi connectivity index (χ2v) is 11.6. The molecule has 2 aromatic carbocycles. The van der Waals surface area contributed by atoms with Gasteiger partial charge in [0.1, 0.15) is 12.0 Å². The third-order valence-electron chi connectivity index (χ3n) is 6.55. The largest absolute Gasteiger partial charge is 0.507 e. The second-order valence-electron chi connectivity index (χ2n) is 9.11. The van der Waals surface area contributed by atoms with Gasteiger partial charge in [0.25, 0.3) is 5.91 Å². The van der Waals surface area contributed by atoms with Crippen molar-refractivity contribution in [2.75, 3.05) is 12.8 Å². The lowest BCUT2D eigenvalue weighted by Crippen LogP contribution is -2.47. The molecule has 2 unspecified atom stereocenters. The summed E-state index contributed by atoms with van der Waals surface area (Å²) in [6.45, 7) is 1.16. The Bertz CT molecular complexity index is 1400. The molecule has 0 bridgehead atoms. The highest BCUT2D eigenvalue weighted by Gasteiger charge is 2.39. The van der Waals surface area contributed by atoms with Gasteiger partial charge in [0.05, 0.1) is 16.5 Å². The molecule has 4 rings (SSSR count). The summed E-state index contributed by atoms with van der Waals surface area (Å²) in [5, 5.41) is 27.5. The van der Waals surface area contributed by atoms with Gasteiger partial charge in [0, 0.05) is 43.0 Å². The number of aryl methyl sites for hydroxylation is 1. The van der Waals surface area contributed by atoms with Crippen LogP contribution in [0, 0.1) is 0 Å². The molecule has 0 aliphatic heterocycles. The van der Waals surface area contributed by atoms with E-state index >= 15 is 0 Å². The van der Waals surface area contributed by atoms with Gasteiger partial charge >= 0.3 is 0 Å². The molecule has 0 saturated carbocycles. The number of aromatic hydroxyl groups is 1. The zero-order valence-electron chi connectivity index (χ0n) is 19.4. The molecule has 3 aromatic rings. The number of aromatic nitrogens is 2. The van der Waals surface area contributed by atoms with E-state index in [1.165, 1.54) is 23.7 Å². The number of amides is 1. The van der Waals surface area contributed by atoms with Crippen molar-refractivity contribution < 1.29 is 28.2 Å². The van der Waals surface area contributed by atoms with Crippen LogP contribution in [0.15, 0.2) is 54.9 Å². The maximum absolute atomic E-state index is 12.6. The highest BCUT2D eigenvalue weighted by Crippen LogP contribution is 2.30. The molecule has 1 aliphatic carbocycles. The highest BCUT2D eigenvalue weighted by molar-refractivity contribution is 7.92. The lowest BCUT2D eigenvalue weighted by atomic mass is 10.0. The number of carbonyl (C=O) groups is 2. The van der Waals surface area contributed by atoms with Gasteiger partial charge in [-0.15, -0.1) is 0 Å².